The molecule has 0 spiro atoms. The van der Waals surface area contributed by atoms with Crippen molar-refractivity contribution in [1.82, 2.24) is 14.3 Å². The average Bonchev–Trinajstić information content (AvgIpc) is 2.88. The molecule has 1 saturated heterocycles. The van der Waals surface area contributed by atoms with E-state index in [1.54, 1.807) is 0 Å². The van der Waals surface area contributed by atoms with Gasteiger partial charge in [0.25, 0.3) is 5.91 Å². The second kappa shape index (κ2) is 4.68. The van der Waals surface area contributed by atoms with Gasteiger partial charge in [0.2, 0.25) is 0 Å². The van der Waals surface area contributed by atoms with Crippen LogP contribution in [0.15, 0.2) is 18.3 Å². The van der Waals surface area contributed by atoms with Gasteiger partial charge in [-0.15, -0.1) is 0 Å². The number of piperidine rings is 1. The molecule has 3 heterocycles. The molecule has 1 amide bonds. The molecule has 1 fully saturated rings. The first-order chi connectivity index (χ1) is 9.16. The molecule has 3 rings (SSSR count). The molecule has 1 aliphatic heterocycles. The average molecular weight is 257 g/mol. The van der Waals surface area contributed by atoms with Gasteiger partial charge in [0.15, 0.2) is 0 Å². The van der Waals surface area contributed by atoms with E-state index < -0.39 is 0 Å². The number of hydrogen-bond acceptors (Lipinski definition) is 2. The van der Waals surface area contributed by atoms with Crippen LogP contribution in [0.2, 0.25) is 0 Å². The van der Waals surface area contributed by atoms with Gasteiger partial charge in [0.1, 0.15) is 11.3 Å². The number of carbonyl (C=O) groups is 1. The smallest absolute Gasteiger partial charge is 0.274 e. The Morgan fingerprint density at radius 1 is 1.16 bits per heavy atom. The monoisotopic (exact) mass is 257 g/mol. The number of nitrogens with zero attached hydrogens (tertiary/aromatic N) is 3. The van der Waals surface area contributed by atoms with E-state index in [2.05, 4.69) is 18.8 Å². The number of pyridine rings is 1. The molecule has 0 radical (unpaired) electrons. The summed E-state index contributed by atoms with van der Waals surface area (Å²) in [6, 6.07) is 4.02. The summed E-state index contributed by atoms with van der Waals surface area (Å²) in [5.74, 6) is 0.0699. The van der Waals surface area contributed by atoms with Crippen LogP contribution in [-0.2, 0) is 0 Å². The standard InChI is InChI=1S/C15H19N3O/c1-11-6-7-14-16-13(10-18(14)12(11)2)15(19)17-8-4-3-5-9-17/h6-7,10H,3-5,8-9H2,1-2H3. The lowest BCUT2D eigenvalue weighted by Gasteiger charge is -2.25. The Balaban J connectivity index is 1.96. The van der Waals surface area contributed by atoms with Crippen molar-refractivity contribution in [3.05, 3.63) is 35.3 Å². The quantitative estimate of drug-likeness (QED) is 0.787. The Labute approximate surface area is 113 Å². The Bertz CT molecular complexity index is 624. The third-order valence-electron chi connectivity index (χ3n) is 4.01. The molecule has 0 aliphatic carbocycles. The number of likely N-dealkylation sites (tertiary alicyclic amines) is 1. The highest BCUT2D eigenvalue weighted by molar-refractivity contribution is 5.93. The van der Waals surface area contributed by atoms with Crippen molar-refractivity contribution < 1.29 is 4.79 Å². The minimum atomic E-state index is 0.0699. The number of aryl methyl sites for hydroxylation is 2. The number of amides is 1. The van der Waals surface area contributed by atoms with Crippen LogP contribution >= 0.6 is 0 Å². The molecule has 4 nitrogen and oxygen atoms in total. The van der Waals surface area contributed by atoms with Gasteiger partial charge in [-0.25, -0.2) is 4.98 Å². The van der Waals surface area contributed by atoms with Crippen molar-refractivity contribution in [2.24, 2.45) is 0 Å². The topological polar surface area (TPSA) is 37.6 Å². The van der Waals surface area contributed by atoms with Crippen LogP contribution in [0.1, 0.15) is 41.0 Å². The van der Waals surface area contributed by atoms with E-state index in [9.17, 15) is 4.79 Å². The molecular weight excluding hydrogens is 238 g/mol. The Morgan fingerprint density at radius 2 is 1.89 bits per heavy atom. The first-order valence-corrected chi connectivity index (χ1v) is 6.91. The van der Waals surface area contributed by atoms with Crippen LogP contribution < -0.4 is 0 Å². The van der Waals surface area contributed by atoms with E-state index in [1.807, 2.05) is 27.6 Å². The van der Waals surface area contributed by atoms with Crippen molar-refractivity contribution in [2.75, 3.05) is 13.1 Å². The highest BCUT2D eigenvalue weighted by Gasteiger charge is 2.20. The predicted octanol–water partition coefficient (Wildman–Crippen LogP) is 2.58. The summed E-state index contributed by atoms with van der Waals surface area (Å²) in [4.78, 5) is 18.8. The minimum Gasteiger partial charge on any atom is -0.337 e. The third kappa shape index (κ3) is 2.11. The van der Waals surface area contributed by atoms with Gasteiger partial charge < -0.3 is 9.30 Å². The second-order valence-electron chi connectivity index (χ2n) is 5.31. The van der Waals surface area contributed by atoms with Crippen molar-refractivity contribution >= 4 is 11.6 Å². The Hall–Kier alpha value is -1.84. The van der Waals surface area contributed by atoms with Crippen LogP contribution in [0, 0.1) is 13.8 Å². The van der Waals surface area contributed by atoms with E-state index in [4.69, 9.17) is 0 Å². The van der Waals surface area contributed by atoms with Crippen LogP contribution in [0.3, 0.4) is 0 Å². The molecule has 19 heavy (non-hydrogen) atoms. The normalized spacial score (nSPS) is 16.0. The molecule has 0 N–H and O–H groups in total. The van der Waals surface area contributed by atoms with Gasteiger partial charge in [-0.3, -0.25) is 4.79 Å². The van der Waals surface area contributed by atoms with Gasteiger partial charge in [0, 0.05) is 25.0 Å². The van der Waals surface area contributed by atoms with E-state index in [-0.39, 0.29) is 5.91 Å². The summed E-state index contributed by atoms with van der Waals surface area (Å²) in [6.45, 7) is 5.86. The fourth-order valence-corrected chi connectivity index (χ4v) is 2.65. The molecule has 0 aromatic carbocycles. The van der Waals surface area contributed by atoms with Crippen LogP contribution in [-0.4, -0.2) is 33.3 Å². The molecule has 100 valence electrons. The summed E-state index contributed by atoms with van der Waals surface area (Å²) in [5.41, 5.74) is 3.77. The van der Waals surface area contributed by atoms with Crippen LogP contribution in [0.5, 0.6) is 0 Å². The second-order valence-corrected chi connectivity index (χ2v) is 5.31. The van der Waals surface area contributed by atoms with E-state index >= 15 is 0 Å². The van der Waals surface area contributed by atoms with Crippen LogP contribution in [0.25, 0.3) is 5.65 Å². The maximum absolute atomic E-state index is 12.4. The first-order valence-electron chi connectivity index (χ1n) is 6.91. The van der Waals surface area contributed by atoms with E-state index in [0.29, 0.717) is 5.69 Å². The molecule has 2 aromatic heterocycles. The number of hydrogen-bond donors (Lipinski definition) is 0. The number of aromatic nitrogens is 2. The molecule has 1 aliphatic rings. The molecule has 2 aromatic rings. The van der Waals surface area contributed by atoms with Crippen LogP contribution in [0.4, 0.5) is 0 Å². The van der Waals surface area contributed by atoms with Gasteiger partial charge >= 0.3 is 0 Å². The lowest BCUT2D eigenvalue weighted by molar-refractivity contribution is 0.0719. The van der Waals surface area contributed by atoms with Gasteiger partial charge in [-0.05, 0) is 44.7 Å². The lowest BCUT2D eigenvalue weighted by atomic mass is 10.1. The van der Waals surface area contributed by atoms with Crippen molar-refractivity contribution in [2.45, 2.75) is 33.1 Å². The van der Waals surface area contributed by atoms with Gasteiger partial charge in [-0.1, -0.05) is 6.07 Å². The molecule has 4 heteroatoms. The highest BCUT2D eigenvalue weighted by atomic mass is 16.2. The molecule has 0 unspecified atom stereocenters. The Kier molecular flexibility index (Phi) is 3.01. The summed E-state index contributed by atoms with van der Waals surface area (Å²) in [6.07, 6.45) is 5.32. The van der Waals surface area contributed by atoms with E-state index in [1.165, 1.54) is 12.0 Å². The predicted molar refractivity (Wildman–Crippen MR) is 74.4 cm³/mol. The molecular formula is C15H19N3O. The summed E-state index contributed by atoms with van der Waals surface area (Å²) in [5, 5.41) is 0. The minimum absolute atomic E-state index is 0.0699. The maximum Gasteiger partial charge on any atom is 0.274 e. The number of rotatable bonds is 1. The molecule has 0 atom stereocenters. The molecule has 0 bridgehead atoms. The Morgan fingerprint density at radius 3 is 2.63 bits per heavy atom. The third-order valence-corrected chi connectivity index (χ3v) is 4.01. The highest BCUT2D eigenvalue weighted by Crippen LogP contribution is 2.16. The van der Waals surface area contributed by atoms with E-state index in [0.717, 1.165) is 37.3 Å². The number of imidazole rings is 1. The van der Waals surface area contributed by atoms with Crippen molar-refractivity contribution in [3.8, 4) is 0 Å². The zero-order chi connectivity index (χ0) is 13.4. The fraction of sp³-hybridized carbons (Fsp3) is 0.467. The lowest BCUT2D eigenvalue weighted by Crippen LogP contribution is -2.35. The first kappa shape index (κ1) is 12.2. The SMILES string of the molecule is Cc1ccc2nc(C(=O)N3CCCCC3)cn2c1C. The van der Waals surface area contributed by atoms with Gasteiger partial charge in [-0.2, -0.15) is 0 Å². The molecule has 0 saturated carbocycles. The maximum atomic E-state index is 12.4. The summed E-state index contributed by atoms with van der Waals surface area (Å²) < 4.78 is 2.01. The zero-order valence-electron chi connectivity index (χ0n) is 11.5. The van der Waals surface area contributed by atoms with Gasteiger partial charge in [0.05, 0.1) is 0 Å². The summed E-state index contributed by atoms with van der Waals surface area (Å²) in [7, 11) is 0. The summed E-state index contributed by atoms with van der Waals surface area (Å²) >= 11 is 0. The fourth-order valence-electron chi connectivity index (χ4n) is 2.65. The van der Waals surface area contributed by atoms with Crippen molar-refractivity contribution in [3.63, 3.8) is 0 Å². The number of fused-ring (bicyclic) bond motifs is 1. The van der Waals surface area contributed by atoms with Crippen molar-refractivity contribution in [1.29, 1.82) is 0 Å². The zero-order valence-corrected chi connectivity index (χ0v) is 11.5. The number of carbonyl (C=O) groups excluding carboxylic acids is 1. The largest absolute Gasteiger partial charge is 0.337 e.